The van der Waals surface area contributed by atoms with Crippen molar-refractivity contribution in [3.05, 3.63) is 77.3 Å². The van der Waals surface area contributed by atoms with E-state index in [0.29, 0.717) is 10.8 Å². The molecule has 2 heterocycles. The zero-order chi connectivity index (χ0) is 16.1. The fourth-order valence-corrected chi connectivity index (χ4v) is 2.03. The van der Waals surface area contributed by atoms with Crippen LogP contribution in [-0.4, -0.2) is 17.1 Å². The van der Waals surface area contributed by atoms with Crippen molar-refractivity contribution in [2.24, 2.45) is 5.10 Å². The molecule has 0 bridgehead atoms. The fourth-order valence-electron chi connectivity index (χ4n) is 1.90. The molecule has 3 aromatic rings. The van der Waals surface area contributed by atoms with Crippen molar-refractivity contribution in [2.75, 3.05) is 0 Å². The van der Waals surface area contributed by atoms with Crippen molar-refractivity contribution in [3.63, 3.8) is 0 Å². The molecule has 0 aliphatic heterocycles. The Kier molecular flexibility index (Phi) is 4.49. The number of rotatable bonds is 4. The van der Waals surface area contributed by atoms with Crippen molar-refractivity contribution in [2.45, 2.75) is 0 Å². The van der Waals surface area contributed by atoms with E-state index in [0.717, 1.165) is 11.1 Å². The Balaban J connectivity index is 1.67. The van der Waals surface area contributed by atoms with Crippen LogP contribution in [0.5, 0.6) is 0 Å². The summed E-state index contributed by atoms with van der Waals surface area (Å²) >= 11 is 5.85. The van der Waals surface area contributed by atoms with Gasteiger partial charge in [0.1, 0.15) is 5.76 Å². The smallest absolute Gasteiger partial charge is 0.307 e. The van der Waals surface area contributed by atoms with Gasteiger partial charge in [0.2, 0.25) is 0 Å². The van der Waals surface area contributed by atoms with Gasteiger partial charge in [0, 0.05) is 23.0 Å². The number of aromatic nitrogens is 1. The maximum absolute atomic E-state index is 12.0. The molecule has 1 amide bonds. The maximum Gasteiger partial charge on any atom is 0.307 e. The first-order valence-electron chi connectivity index (χ1n) is 6.81. The van der Waals surface area contributed by atoms with Gasteiger partial charge in [-0.15, -0.1) is 0 Å². The summed E-state index contributed by atoms with van der Waals surface area (Å²) in [6.07, 6.45) is 4.82. The van der Waals surface area contributed by atoms with Gasteiger partial charge in [-0.2, -0.15) is 5.10 Å². The Morgan fingerprint density at radius 3 is 2.57 bits per heavy atom. The molecule has 0 aliphatic carbocycles. The molecule has 0 fully saturated rings. The first-order chi connectivity index (χ1) is 11.2. The average Bonchev–Trinajstić information content (AvgIpc) is 3.06. The Bertz CT molecular complexity index is 827. The summed E-state index contributed by atoms with van der Waals surface area (Å²) in [5.41, 5.74) is 4.09. The number of carbonyl (C=O) groups excluding carboxylic acids is 1. The number of hydrogen-bond donors (Lipinski definition) is 1. The van der Waals surface area contributed by atoms with E-state index in [9.17, 15) is 4.79 Å². The zero-order valence-electron chi connectivity index (χ0n) is 11.9. The molecular weight excluding hydrogens is 314 g/mol. The number of pyridine rings is 1. The van der Waals surface area contributed by atoms with Gasteiger partial charge >= 0.3 is 5.91 Å². The number of halogens is 1. The van der Waals surface area contributed by atoms with Crippen LogP contribution < -0.4 is 5.43 Å². The summed E-state index contributed by atoms with van der Waals surface area (Å²) in [6, 6.07) is 14.1. The van der Waals surface area contributed by atoms with E-state index in [1.807, 2.05) is 12.1 Å². The molecule has 6 heteroatoms. The van der Waals surface area contributed by atoms with Crippen molar-refractivity contribution in [3.8, 4) is 11.3 Å². The van der Waals surface area contributed by atoms with Gasteiger partial charge in [-0.3, -0.25) is 9.78 Å². The van der Waals surface area contributed by atoms with Crippen LogP contribution in [-0.2, 0) is 0 Å². The zero-order valence-corrected chi connectivity index (χ0v) is 12.7. The molecule has 114 valence electrons. The molecule has 0 atom stereocenters. The number of hydrazone groups is 1. The largest absolute Gasteiger partial charge is 0.451 e. The van der Waals surface area contributed by atoms with Crippen LogP contribution in [0, 0.1) is 0 Å². The number of furan rings is 1. The summed E-state index contributed by atoms with van der Waals surface area (Å²) in [6.45, 7) is 0. The third-order valence-corrected chi connectivity index (χ3v) is 3.30. The highest BCUT2D eigenvalue weighted by atomic mass is 35.5. The van der Waals surface area contributed by atoms with E-state index in [1.54, 1.807) is 48.8 Å². The van der Waals surface area contributed by atoms with Gasteiger partial charge in [0.05, 0.1) is 6.21 Å². The minimum absolute atomic E-state index is 0.182. The SMILES string of the molecule is O=C(NN=Cc1ccncc1)c1ccc(-c2ccc(Cl)cc2)o1. The summed E-state index contributed by atoms with van der Waals surface area (Å²) < 4.78 is 5.54. The van der Waals surface area contributed by atoms with E-state index >= 15 is 0 Å². The molecule has 0 aliphatic rings. The molecule has 0 saturated heterocycles. The van der Waals surface area contributed by atoms with E-state index in [4.69, 9.17) is 16.0 Å². The first-order valence-corrected chi connectivity index (χ1v) is 7.19. The fraction of sp³-hybridized carbons (Fsp3) is 0. The van der Waals surface area contributed by atoms with Crippen LogP contribution in [0.2, 0.25) is 5.02 Å². The van der Waals surface area contributed by atoms with Crippen molar-refractivity contribution in [1.82, 2.24) is 10.4 Å². The lowest BCUT2D eigenvalue weighted by Crippen LogP contribution is -2.16. The van der Waals surface area contributed by atoms with Crippen LogP contribution in [0.4, 0.5) is 0 Å². The number of carbonyl (C=O) groups is 1. The van der Waals surface area contributed by atoms with Crippen LogP contribution in [0.25, 0.3) is 11.3 Å². The van der Waals surface area contributed by atoms with Gasteiger partial charge < -0.3 is 4.42 Å². The minimum Gasteiger partial charge on any atom is -0.451 e. The number of hydrogen-bond acceptors (Lipinski definition) is 4. The number of nitrogens with one attached hydrogen (secondary N) is 1. The third-order valence-electron chi connectivity index (χ3n) is 3.04. The van der Waals surface area contributed by atoms with Gasteiger partial charge in [0.15, 0.2) is 5.76 Å². The summed E-state index contributed by atoms with van der Waals surface area (Å²) in [5.74, 6) is 0.349. The normalized spacial score (nSPS) is 10.8. The highest BCUT2D eigenvalue weighted by Crippen LogP contribution is 2.23. The standard InChI is InChI=1S/C17H12ClN3O2/c18-14-3-1-13(2-4-14)15-5-6-16(23-15)17(22)21-20-11-12-7-9-19-10-8-12/h1-11H,(H,21,22). The van der Waals surface area contributed by atoms with E-state index in [2.05, 4.69) is 15.5 Å². The lowest BCUT2D eigenvalue weighted by molar-refractivity contribution is 0.0928. The molecule has 1 aromatic carbocycles. The molecular formula is C17H12ClN3O2. The first kappa shape index (κ1) is 15.0. The van der Waals surface area contributed by atoms with Crippen molar-refractivity contribution in [1.29, 1.82) is 0 Å². The van der Waals surface area contributed by atoms with Crippen molar-refractivity contribution < 1.29 is 9.21 Å². The topological polar surface area (TPSA) is 67.5 Å². The van der Waals surface area contributed by atoms with E-state index in [-0.39, 0.29) is 5.76 Å². The molecule has 0 saturated carbocycles. The molecule has 0 radical (unpaired) electrons. The second-order valence-corrected chi connectivity index (χ2v) is 5.09. The van der Waals surface area contributed by atoms with Crippen LogP contribution in [0.15, 0.2) is 70.4 Å². The molecule has 5 nitrogen and oxygen atoms in total. The van der Waals surface area contributed by atoms with Crippen LogP contribution in [0.1, 0.15) is 16.1 Å². The van der Waals surface area contributed by atoms with Crippen LogP contribution in [0.3, 0.4) is 0 Å². The minimum atomic E-state index is -0.421. The molecule has 0 unspecified atom stereocenters. The van der Waals surface area contributed by atoms with Gasteiger partial charge in [-0.05, 0) is 54.1 Å². The number of amides is 1. The highest BCUT2D eigenvalue weighted by Gasteiger charge is 2.11. The Labute approximate surface area is 137 Å². The molecule has 1 N–H and O–H groups in total. The predicted octanol–water partition coefficient (Wildman–Crippen LogP) is 3.76. The molecule has 0 spiro atoms. The second kappa shape index (κ2) is 6.89. The Hall–Kier alpha value is -2.92. The highest BCUT2D eigenvalue weighted by molar-refractivity contribution is 6.30. The quantitative estimate of drug-likeness (QED) is 0.586. The third kappa shape index (κ3) is 3.84. The number of nitrogens with zero attached hydrogens (tertiary/aromatic N) is 2. The summed E-state index contributed by atoms with van der Waals surface area (Å²) in [5, 5.41) is 4.52. The molecule has 2 aromatic heterocycles. The Morgan fingerprint density at radius 2 is 1.83 bits per heavy atom. The monoisotopic (exact) mass is 325 g/mol. The van der Waals surface area contributed by atoms with Gasteiger partial charge in [-0.1, -0.05) is 11.6 Å². The maximum atomic E-state index is 12.0. The van der Waals surface area contributed by atoms with E-state index in [1.165, 1.54) is 6.21 Å². The Morgan fingerprint density at radius 1 is 1.09 bits per heavy atom. The average molecular weight is 326 g/mol. The molecule has 3 rings (SSSR count). The predicted molar refractivity (Wildman–Crippen MR) is 88.5 cm³/mol. The van der Waals surface area contributed by atoms with Crippen molar-refractivity contribution >= 4 is 23.7 Å². The van der Waals surface area contributed by atoms with Gasteiger partial charge in [-0.25, -0.2) is 5.43 Å². The van der Waals surface area contributed by atoms with E-state index < -0.39 is 5.91 Å². The lowest BCUT2D eigenvalue weighted by atomic mass is 10.2. The van der Waals surface area contributed by atoms with Crippen LogP contribution >= 0.6 is 11.6 Å². The summed E-state index contributed by atoms with van der Waals surface area (Å²) in [7, 11) is 0. The van der Waals surface area contributed by atoms with Gasteiger partial charge in [0.25, 0.3) is 0 Å². The number of benzene rings is 1. The molecule has 23 heavy (non-hydrogen) atoms. The lowest BCUT2D eigenvalue weighted by Gasteiger charge is -1.98. The second-order valence-electron chi connectivity index (χ2n) is 4.65. The summed E-state index contributed by atoms with van der Waals surface area (Å²) in [4.78, 5) is 15.9.